The lowest BCUT2D eigenvalue weighted by atomic mass is 10.0. The Morgan fingerprint density at radius 1 is 0.769 bits per heavy atom. The van der Waals surface area contributed by atoms with E-state index < -0.39 is 115 Å². The fourth-order valence-electron chi connectivity index (χ4n) is 5.08. The zero-order chi connectivity index (χ0) is 39.5. The highest BCUT2D eigenvalue weighted by Crippen LogP contribution is 2.21. The molecule has 1 fully saturated rings. The molecule has 0 radical (unpaired) electrons. The molecule has 0 aromatic rings. The minimum atomic E-state index is -1.71. The number of carbonyl (C=O) groups is 9. The maximum absolute atomic E-state index is 13.8. The third-order valence-electron chi connectivity index (χ3n) is 7.93. The van der Waals surface area contributed by atoms with Gasteiger partial charge in [0, 0.05) is 6.54 Å². The van der Waals surface area contributed by atoms with E-state index in [2.05, 4.69) is 26.6 Å². The van der Waals surface area contributed by atoms with Gasteiger partial charge in [0.1, 0.15) is 42.3 Å². The molecule has 294 valence electrons. The van der Waals surface area contributed by atoms with Crippen molar-refractivity contribution >= 4 is 65.1 Å². The van der Waals surface area contributed by atoms with Gasteiger partial charge >= 0.3 is 17.9 Å². The molecule has 52 heavy (non-hydrogen) atoms. The minimum Gasteiger partial charge on any atom is -0.481 e. The Morgan fingerprint density at radius 2 is 1.31 bits per heavy atom. The summed E-state index contributed by atoms with van der Waals surface area (Å²) in [4.78, 5) is 114. The van der Waals surface area contributed by atoms with Gasteiger partial charge in [-0.15, -0.1) is 0 Å². The van der Waals surface area contributed by atoms with Gasteiger partial charge in [-0.25, -0.2) is 0 Å². The highest BCUT2D eigenvalue weighted by molar-refractivity contribution is 7.98. The Balaban J connectivity index is 3.25. The number of likely N-dealkylation sites (tertiary alicyclic amines) is 1. The molecule has 0 unspecified atom stereocenters. The highest BCUT2D eigenvalue weighted by Gasteiger charge is 2.40. The van der Waals surface area contributed by atoms with Crippen molar-refractivity contribution in [2.45, 2.75) is 101 Å². The van der Waals surface area contributed by atoms with Crippen LogP contribution in [0.4, 0.5) is 0 Å². The molecule has 21 nitrogen and oxygen atoms in total. The van der Waals surface area contributed by atoms with Gasteiger partial charge in [0.25, 0.3) is 0 Å². The lowest BCUT2D eigenvalue weighted by Crippen LogP contribution is -2.60. The van der Waals surface area contributed by atoms with Crippen LogP contribution in [0.2, 0.25) is 0 Å². The first kappa shape index (κ1) is 45.5. The second kappa shape index (κ2) is 23.1. The summed E-state index contributed by atoms with van der Waals surface area (Å²) in [6.07, 6.45) is 1.13. The maximum atomic E-state index is 13.8. The number of carboxylic acid groups (broad SMARTS) is 3. The number of carboxylic acids is 3. The normalized spacial score (nSPS) is 17.3. The SMILES string of the molecule is CSCC[C@H](NC(=O)[C@H](CC(=O)O)NC(=O)[C@@H]1CCCN1C(=O)[C@H](CCCCN)NC(=O)[C@H](CC(=O)O)NC(=O)[C@@H](N)CO)C(=O)N[C@@H](C)C(=O)O. The largest absolute Gasteiger partial charge is 0.481 e. The number of unbranched alkanes of at least 4 members (excludes halogenated alkanes) is 1. The van der Waals surface area contributed by atoms with Gasteiger partial charge in [-0.05, 0) is 64.0 Å². The van der Waals surface area contributed by atoms with E-state index in [0.29, 0.717) is 25.0 Å². The van der Waals surface area contributed by atoms with E-state index in [4.69, 9.17) is 21.7 Å². The third-order valence-corrected chi connectivity index (χ3v) is 8.57. The third kappa shape index (κ3) is 15.4. The number of nitrogens with one attached hydrogen (secondary N) is 5. The molecule has 0 aromatic heterocycles. The van der Waals surface area contributed by atoms with Crippen LogP contribution in [0.1, 0.15) is 58.3 Å². The van der Waals surface area contributed by atoms with Crippen molar-refractivity contribution in [3.8, 4) is 0 Å². The zero-order valence-electron chi connectivity index (χ0n) is 29.0. The van der Waals surface area contributed by atoms with Gasteiger partial charge in [0.15, 0.2) is 0 Å². The van der Waals surface area contributed by atoms with Crippen LogP contribution in [0, 0.1) is 0 Å². The van der Waals surface area contributed by atoms with E-state index >= 15 is 0 Å². The van der Waals surface area contributed by atoms with Gasteiger partial charge in [0.2, 0.25) is 35.4 Å². The van der Waals surface area contributed by atoms with Crippen molar-refractivity contribution in [1.82, 2.24) is 31.5 Å². The number of rotatable bonds is 24. The summed E-state index contributed by atoms with van der Waals surface area (Å²) in [7, 11) is 0. The number of aliphatic hydroxyl groups excluding tert-OH is 1. The summed E-state index contributed by atoms with van der Waals surface area (Å²) in [5, 5.41) is 48.6. The molecule has 6 amide bonds. The van der Waals surface area contributed by atoms with E-state index in [0.717, 1.165) is 4.90 Å². The zero-order valence-corrected chi connectivity index (χ0v) is 29.8. The molecule has 1 aliphatic heterocycles. The van der Waals surface area contributed by atoms with Gasteiger partial charge in [-0.1, -0.05) is 0 Å². The second-order valence-electron chi connectivity index (χ2n) is 12.1. The van der Waals surface area contributed by atoms with Crippen LogP contribution in [0.15, 0.2) is 0 Å². The summed E-state index contributed by atoms with van der Waals surface area (Å²) < 4.78 is 0. The number of nitrogens with two attached hydrogens (primary N) is 2. The maximum Gasteiger partial charge on any atom is 0.325 e. The monoisotopic (exact) mass is 762 g/mol. The quantitative estimate of drug-likeness (QED) is 0.0414. The number of amides is 6. The van der Waals surface area contributed by atoms with Gasteiger partial charge in [-0.2, -0.15) is 11.8 Å². The molecule has 0 saturated carbocycles. The number of aliphatic hydroxyl groups is 1. The molecule has 1 heterocycles. The van der Waals surface area contributed by atoms with Crippen molar-refractivity contribution in [3.63, 3.8) is 0 Å². The number of hydrogen-bond donors (Lipinski definition) is 11. The molecule has 0 aliphatic carbocycles. The van der Waals surface area contributed by atoms with Gasteiger partial charge in [0.05, 0.1) is 19.4 Å². The van der Waals surface area contributed by atoms with Crippen molar-refractivity contribution in [1.29, 1.82) is 0 Å². The first-order valence-corrected chi connectivity index (χ1v) is 17.9. The predicted octanol–water partition coefficient (Wildman–Crippen LogP) is -4.34. The summed E-state index contributed by atoms with van der Waals surface area (Å²) in [6.45, 7) is 0.688. The van der Waals surface area contributed by atoms with Crippen LogP contribution in [0.25, 0.3) is 0 Å². The minimum absolute atomic E-state index is 0.000539. The Hall–Kier alpha value is -4.54. The molecule has 22 heteroatoms. The summed E-state index contributed by atoms with van der Waals surface area (Å²) >= 11 is 1.33. The van der Waals surface area contributed by atoms with Crippen molar-refractivity contribution in [3.05, 3.63) is 0 Å². The fourth-order valence-corrected chi connectivity index (χ4v) is 5.55. The van der Waals surface area contributed by atoms with E-state index in [-0.39, 0.29) is 32.4 Å². The lowest BCUT2D eigenvalue weighted by Gasteiger charge is -2.31. The van der Waals surface area contributed by atoms with Crippen molar-refractivity contribution in [2.75, 3.05) is 31.7 Å². The lowest BCUT2D eigenvalue weighted by molar-refractivity contribution is -0.145. The molecule has 1 rings (SSSR count). The number of nitrogens with zero attached hydrogens (tertiary/aromatic N) is 1. The summed E-state index contributed by atoms with van der Waals surface area (Å²) in [6, 6.07) is -9.97. The molecule has 7 atom stereocenters. The Morgan fingerprint density at radius 3 is 1.83 bits per heavy atom. The first-order valence-electron chi connectivity index (χ1n) is 16.5. The molecule has 0 spiro atoms. The van der Waals surface area contributed by atoms with Crippen LogP contribution in [-0.2, 0) is 43.2 Å². The Bertz CT molecular complexity index is 1310. The van der Waals surface area contributed by atoms with Crippen molar-refractivity contribution in [2.24, 2.45) is 11.5 Å². The fraction of sp³-hybridized carbons (Fsp3) is 0.700. The topological polar surface area (TPSA) is 350 Å². The standard InChI is InChI=1S/C30H50N8O13S/c1-15(30(50)51)33-25(45)17(8-11-52-2)34-26(46)20(13-23(42)43)37-28(48)21-7-5-10-38(21)29(49)18(6-3-4-9-31)35-27(47)19(12-22(40)41)36-24(44)16(32)14-39/h15-21,39H,3-14,31-32H2,1-2H3,(H,33,45)(H,34,46)(H,35,47)(H,36,44)(H,37,48)(H,40,41)(H,42,43)(H,50,51)/t15-,16-,17-,18-,19-,20-,21-/m0/s1. The smallest absolute Gasteiger partial charge is 0.325 e. The molecule has 1 saturated heterocycles. The van der Waals surface area contributed by atoms with Crippen LogP contribution >= 0.6 is 11.8 Å². The second-order valence-corrected chi connectivity index (χ2v) is 13.0. The Kier molecular flexibility index (Phi) is 20.2. The van der Waals surface area contributed by atoms with Gasteiger partial charge < -0.3 is 63.4 Å². The van der Waals surface area contributed by atoms with E-state index in [1.165, 1.54) is 18.7 Å². The number of hydrogen-bond acceptors (Lipinski definition) is 13. The average molecular weight is 763 g/mol. The summed E-state index contributed by atoms with van der Waals surface area (Å²) in [5.74, 6) is -9.52. The van der Waals surface area contributed by atoms with E-state index in [1.807, 2.05) is 0 Å². The molecule has 0 aromatic carbocycles. The van der Waals surface area contributed by atoms with Crippen LogP contribution in [0.3, 0.4) is 0 Å². The molecule has 0 bridgehead atoms. The summed E-state index contributed by atoms with van der Waals surface area (Å²) in [5.41, 5.74) is 11.1. The van der Waals surface area contributed by atoms with E-state index in [9.17, 15) is 53.4 Å². The van der Waals surface area contributed by atoms with E-state index in [1.54, 1.807) is 6.26 Å². The number of carbonyl (C=O) groups excluding carboxylic acids is 6. The Labute approximate surface area is 303 Å². The predicted molar refractivity (Wildman–Crippen MR) is 183 cm³/mol. The molecular formula is C30H50N8O13S. The molecule has 13 N–H and O–H groups in total. The van der Waals surface area contributed by atoms with Crippen molar-refractivity contribution < 1.29 is 63.6 Å². The molecular weight excluding hydrogens is 712 g/mol. The number of thioether (sulfide) groups is 1. The average Bonchev–Trinajstić information content (AvgIpc) is 3.58. The highest BCUT2D eigenvalue weighted by atomic mass is 32.2. The van der Waals surface area contributed by atoms with Crippen LogP contribution in [0.5, 0.6) is 0 Å². The first-order chi connectivity index (χ1) is 24.5. The van der Waals surface area contributed by atoms with Crippen LogP contribution in [-0.4, -0.2) is 153 Å². The molecule has 1 aliphatic rings. The van der Waals surface area contributed by atoms with Gasteiger partial charge in [-0.3, -0.25) is 43.2 Å². The number of aliphatic carboxylic acids is 3. The van der Waals surface area contributed by atoms with Crippen LogP contribution < -0.4 is 38.1 Å².